The predicted octanol–water partition coefficient (Wildman–Crippen LogP) is 4.42. The number of aliphatic hydroxyl groups excluding tert-OH is 1. The first-order valence-corrected chi connectivity index (χ1v) is 13.1. The Morgan fingerprint density at radius 3 is 2.54 bits per heavy atom. The second kappa shape index (κ2) is 10.8. The third-order valence-electron chi connectivity index (χ3n) is 6.29. The standard InChI is InChI=1S/C28H26N2O8S/c1-4-11-36-18-8-5-16(6-9-18)22-21(23(31)17-7-10-19-20(14-17)38-13-12-37-19)24(32)26(33)30(22)28-29-15(2)25(39-28)27(34)35-3/h5-10,14,22,31H,4,11-13H2,1-3H3/b23-21+. The monoisotopic (exact) mass is 550 g/mol. The number of ketones is 1. The van der Waals surface area contributed by atoms with Crippen LogP contribution in [0.1, 0.15) is 45.9 Å². The molecule has 0 spiro atoms. The van der Waals surface area contributed by atoms with Gasteiger partial charge < -0.3 is 24.1 Å². The summed E-state index contributed by atoms with van der Waals surface area (Å²) >= 11 is 0.938. The topological polar surface area (TPSA) is 124 Å². The highest BCUT2D eigenvalue weighted by molar-refractivity contribution is 7.17. The van der Waals surface area contributed by atoms with E-state index in [1.54, 1.807) is 49.4 Å². The van der Waals surface area contributed by atoms with E-state index in [1.165, 1.54) is 12.0 Å². The molecular formula is C28H26N2O8S. The zero-order valence-corrected chi connectivity index (χ0v) is 22.4. The molecule has 11 heteroatoms. The van der Waals surface area contributed by atoms with E-state index in [2.05, 4.69) is 4.98 Å². The molecule has 1 fully saturated rings. The third-order valence-corrected chi connectivity index (χ3v) is 7.43. The molecule has 0 bridgehead atoms. The number of hydrogen-bond acceptors (Lipinski definition) is 10. The fourth-order valence-corrected chi connectivity index (χ4v) is 5.44. The van der Waals surface area contributed by atoms with Crippen LogP contribution in [0.3, 0.4) is 0 Å². The van der Waals surface area contributed by atoms with Crippen molar-refractivity contribution in [1.82, 2.24) is 4.98 Å². The van der Waals surface area contributed by atoms with Crippen LogP contribution >= 0.6 is 11.3 Å². The van der Waals surface area contributed by atoms with Crippen LogP contribution in [0.4, 0.5) is 5.13 Å². The van der Waals surface area contributed by atoms with Crippen molar-refractivity contribution in [3.8, 4) is 17.2 Å². The maximum absolute atomic E-state index is 13.5. The van der Waals surface area contributed by atoms with Gasteiger partial charge in [-0.3, -0.25) is 14.5 Å². The van der Waals surface area contributed by atoms with Crippen molar-refractivity contribution in [3.63, 3.8) is 0 Å². The van der Waals surface area contributed by atoms with Gasteiger partial charge in [0.1, 0.15) is 29.6 Å². The minimum absolute atomic E-state index is 0.119. The molecule has 10 nitrogen and oxygen atoms in total. The van der Waals surface area contributed by atoms with Gasteiger partial charge in [-0.1, -0.05) is 30.4 Å². The largest absolute Gasteiger partial charge is 0.507 e. The number of aryl methyl sites for hydroxylation is 1. The van der Waals surface area contributed by atoms with E-state index in [1.807, 2.05) is 6.92 Å². The SMILES string of the molecule is CCCOc1ccc(C2/C(=C(\O)c3ccc4c(c3)OCCO4)C(=O)C(=O)N2c2nc(C)c(C(=O)OC)s2)cc1. The van der Waals surface area contributed by atoms with E-state index < -0.39 is 23.7 Å². The highest BCUT2D eigenvalue weighted by Gasteiger charge is 2.48. The zero-order chi connectivity index (χ0) is 27.7. The number of hydrogen-bond donors (Lipinski definition) is 1. The van der Waals surface area contributed by atoms with Gasteiger partial charge in [-0.05, 0) is 49.2 Å². The number of benzene rings is 2. The van der Waals surface area contributed by atoms with E-state index in [0.29, 0.717) is 48.3 Å². The number of methoxy groups -OCH3 is 1. The molecule has 3 heterocycles. The maximum atomic E-state index is 13.5. The summed E-state index contributed by atoms with van der Waals surface area (Å²) in [5.41, 5.74) is 1.07. The Kier molecular flexibility index (Phi) is 7.25. The lowest BCUT2D eigenvalue weighted by Crippen LogP contribution is -2.29. The van der Waals surface area contributed by atoms with Crippen molar-refractivity contribution in [3.05, 3.63) is 69.7 Å². The van der Waals surface area contributed by atoms with E-state index in [0.717, 1.165) is 17.8 Å². The van der Waals surface area contributed by atoms with E-state index in [4.69, 9.17) is 18.9 Å². The van der Waals surface area contributed by atoms with Gasteiger partial charge in [0.25, 0.3) is 5.78 Å². The lowest BCUT2D eigenvalue weighted by molar-refractivity contribution is -0.132. The quantitative estimate of drug-likeness (QED) is 0.197. The Balaban J connectivity index is 1.65. The number of carbonyl (C=O) groups is 3. The summed E-state index contributed by atoms with van der Waals surface area (Å²) in [4.78, 5) is 45.0. The first-order chi connectivity index (χ1) is 18.8. The number of carbonyl (C=O) groups excluding carboxylic acids is 3. The summed E-state index contributed by atoms with van der Waals surface area (Å²) < 4.78 is 21.7. The number of ether oxygens (including phenoxy) is 4. The highest BCUT2D eigenvalue weighted by Crippen LogP contribution is 2.45. The van der Waals surface area contributed by atoms with Crippen LogP contribution in [0.5, 0.6) is 17.2 Å². The molecule has 0 radical (unpaired) electrons. The lowest BCUT2D eigenvalue weighted by atomic mass is 9.95. The van der Waals surface area contributed by atoms with Gasteiger partial charge in [0, 0.05) is 5.56 Å². The Hall–Kier alpha value is -4.38. The molecule has 1 N–H and O–H groups in total. The van der Waals surface area contributed by atoms with Gasteiger partial charge in [0.2, 0.25) is 0 Å². The molecule has 39 heavy (non-hydrogen) atoms. The number of esters is 1. The molecule has 2 aliphatic heterocycles. The summed E-state index contributed by atoms with van der Waals surface area (Å²) in [7, 11) is 1.25. The van der Waals surface area contributed by atoms with Crippen LogP contribution in [0.2, 0.25) is 0 Å². The van der Waals surface area contributed by atoms with Gasteiger partial charge in [-0.2, -0.15) is 0 Å². The van der Waals surface area contributed by atoms with E-state index >= 15 is 0 Å². The average molecular weight is 551 g/mol. The number of rotatable bonds is 7. The fraction of sp³-hybridized carbons (Fsp3) is 0.286. The van der Waals surface area contributed by atoms with Crippen molar-refractivity contribution >= 4 is 39.9 Å². The molecule has 202 valence electrons. The van der Waals surface area contributed by atoms with Crippen molar-refractivity contribution in [2.45, 2.75) is 26.3 Å². The number of aliphatic hydroxyl groups is 1. The van der Waals surface area contributed by atoms with Crippen molar-refractivity contribution < 1.29 is 38.4 Å². The van der Waals surface area contributed by atoms with Crippen LogP contribution < -0.4 is 19.1 Å². The molecule has 1 saturated heterocycles. The fourth-order valence-electron chi connectivity index (χ4n) is 4.42. The molecule has 1 atom stereocenters. The molecule has 0 saturated carbocycles. The number of anilines is 1. The highest BCUT2D eigenvalue weighted by atomic mass is 32.1. The summed E-state index contributed by atoms with van der Waals surface area (Å²) in [5.74, 6) is -1.16. The van der Waals surface area contributed by atoms with Gasteiger partial charge in [0.05, 0.1) is 31.0 Å². The minimum atomic E-state index is -1.02. The number of amides is 1. The molecule has 2 aromatic carbocycles. The molecular weight excluding hydrogens is 524 g/mol. The smallest absolute Gasteiger partial charge is 0.350 e. The number of Topliss-reactive ketones (excluding diaryl/α,β-unsaturated/α-hetero) is 1. The van der Waals surface area contributed by atoms with E-state index in [-0.39, 0.29) is 26.9 Å². The summed E-state index contributed by atoms with van der Waals surface area (Å²) in [6.07, 6.45) is 0.837. The number of nitrogens with zero attached hydrogens (tertiary/aromatic N) is 2. The van der Waals surface area contributed by atoms with Crippen LogP contribution in [-0.4, -0.2) is 54.7 Å². The molecule has 1 aromatic heterocycles. The Bertz CT molecular complexity index is 1480. The maximum Gasteiger partial charge on any atom is 0.350 e. The molecule has 3 aromatic rings. The van der Waals surface area contributed by atoms with Crippen molar-refractivity contribution in [1.29, 1.82) is 0 Å². The minimum Gasteiger partial charge on any atom is -0.507 e. The predicted molar refractivity (Wildman–Crippen MR) is 143 cm³/mol. The van der Waals surface area contributed by atoms with E-state index in [9.17, 15) is 19.5 Å². The van der Waals surface area contributed by atoms with Gasteiger partial charge in [0.15, 0.2) is 16.6 Å². The van der Waals surface area contributed by atoms with Crippen LogP contribution in [0, 0.1) is 6.92 Å². The first-order valence-electron chi connectivity index (χ1n) is 12.3. The van der Waals surface area contributed by atoms with Gasteiger partial charge >= 0.3 is 11.9 Å². The van der Waals surface area contributed by atoms with Crippen molar-refractivity contribution in [2.24, 2.45) is 0 Å². The molecule has 0 aliphatic carbocycles. The molecule has 1 amide bonds. The average Bonchev–Trinajstić information content (AvgIpc) is 3.47. The summed E-state index contributed by atoms with van der Waals surface area (Å²) in [6, 6.07) is 10.7. The molecule has 1 unspecified atom stereocenters. The third kappa shape index (κ3) is 4.81. The van der Waals surface area contributed by atoms with Crippen molar-refractivity contribution in [2.75, 3.05) is 31.8 Å². The Labute approximate surface area is 228 Å². The zero-order valence-electron chi connectivity index (χ0n) is 21.6. The van der Waals surface area contributed by atoms with Crippen LogP contribution in [0.15, 0.2) is 48.0 Å². The normalized spacial score (nSPS) is 17.8. The summed E-state index contributed by atoms with van der Waals surface area (Å²) in [6.45, 7) is 4.91. The molecule has 2 aliphatic rings. The van der Waals surface area contributed by atoms with Gasteiger partial charge in [-0.15, -0.1) is 0 Å². The number of fused-ring (bicyclic) bond motifs is 1. The van der Waals surface area contributed by atoms with Crippen LogP contribution in [-0.2, 0) is 14.3 Å². The first kappa shape index (κ1) is 26.2. The van der Waals surface area contributed by atoms with Gasteiger partial charge in [-0.25, -0.2) is 9.78 Å². The second-order valence-corrected chi connectivity index (χ2v) is 9.83. The number of thiazole rings is 1. The summed E-state index contributed by atoms with van der Waals surface area (Å²) in [5, 5.41) is 11.6. The number of aromatic nitrogens is 1. The lowest BCUT2D eigenvalue weighted by Gasteiger charge is -2.23. The Morgan fingerprint density at radius 1 is 1.13 bits per heavy atom. The van der Waals surface area contributed by atoms with Crippen LogP contribution in [0.25, 0.3) is 5.76 Å². The second-order valence-electron chi connectivity index (χ2n) is 8.85. The molecule has 5 rings (SSSR count). The Morgan fingerprint density at radius 2 is 1.85 bits per heavy atom.